The summed E-state index contributed by atoms with van der Waals surface area (Å²) in [7, 11) is 0. The van der Waals surface area contributed by atoms with E-state index >= 15 is 0 Å². The lowest BCUT2D eigenvalue weighted by Crippen LogP contribution is -2.32. The summed E-state index contributed by atoms with van der Waals surface area (Å²) in [6, 6.07) is 7.04. The zero-order valence-electron chi connectivity index (χ0n) is 11.1. The third kappa shape index (κ3) is 2.40. The summed E-state index contributed by atoms with van der Waals surface area (Å²) in [5.41, 5.74) is 3.26. The fourth-order valence-corrected chi connectivity index (χ4v) is 2.75. The Hall–Kier alpha value is -1.68. The Kier molecular flexibility index (Phi) is 3.34. The first-order valence-corrected chi connectivity index (χ1v) is 6.76. The van der Waals surface area contributed by atoms with Crippen LogP contribution in [0.1, 0.15) is 24.6 Å². The third-order valence-corrected chi connectivity index (χ3v) is 3.82. The van der Waals surface area contributed by atoms with Crippen molar-refractivity contribution in [3.8, 4) is 11.1 Å². The topological polar surface area (TPSA) is 29.9 Å². The van der Waals surface area contributed by atoms with E-state index in [2.05, 4.69) is 22.0 Å². The monoisotopic (exact) mass is 259 g/mol. The van der Waals surface area contributed by atoms with Crippen molar-refractivity contribution in [2.45, 2.75) is 25.8 Å². The van der Waals surface area contributed by atoms with E-state index in [1.54, 1.807) is 0 Å². The summed E-state index contributed by atoms with van der Waals surface area (Å²) < 4.78 is 15.1. The number of hydrogen-bond donors (Lipinski definition) is 1. The van der Waals surface area contributed by atoms with Gasteiger partial charge in [-0.1, -0.05) is 12.1 Å². The Morgan fingerprint density at radius 3 is 2.79 bits per heavy atom. The van der Waals surface area contributed by atoms with Crippen LogP contribution in [0.3, 0.4) is 0 Å². The molecule has 0 amide bonds. The van der Waals surface area contributed by atoms with Gasteiger partial charge in [0.25, 0.3) is 0 Å². The van der Waals surface area contributed by atoms with E-state index in [-0.39, 0.29) is 5.82 Å². The van der Waals surface area contributed by atoms with Crippen molar-refractivity contribution in [2.24, 2.45) is 0 Å². The molecule has 1 atom stereocenters. The van der Waals surface area contributed by atoms with E-state index in [0.717, 1.165) is 29.9 Å². The van der Waals surface area contributed by atoms with Crippen LogP contribution in [0.15, 0.2) is 30.5 Å². The molecule has 2 aromatic rings. The standard InChI is InChI=1S/C15H18FN3/c1-11-15(12-4-6-13(16)7-5-12)10-18-19(11)14-3-2-8-17-9-14/h4-7,10,14,17H,2-3,8-9H2,1H3. The second-order valence-electron chi connectivity index (χ2n) is 5.10. The number of rotatable bonds is 2. The second kappa shape index (κ2) is 5.13. The Balaban J connectivity index is 1.91. The molecular formula is C15H18FN3. The molecule has 4 heteroatoms. The SMILES string of the molecule is Cc1c(-c2ccc(F)cc2)cnn1C1CCCNC1. The summed E-state index contributed by atoms with van der Waals surface area (Å²) in [5.74, 6) is -0.203. The van der Waals surface area contributed by atoms with E-state index in [9.17, 15) is 4.39 Å². The van der Waals surface area contributed by atoms with Gasteiger partial charge in [0.05, 0.1) is 12.2 Å². The molecule has 0 saturated carbocycles. The predicted octanol–water partition coefficient (Wildman–Crippen LogP) is 2.92. The molecule has 0 bridgehead atoms. The van der Waals surface area contributed by atoms with Crippen molar-refractivity contribution in [3.05, 3.63) is 42.0 Å². The highest BCUT2D eigenvalue weighted by atomic mass is 19.1. The van der Waals surface area contributed by atoms with Gasteiger partial charge in [-0.3, -0.25) is 4.68 Å². The molecule has 3 rings (SSSR count). The molecule has 1 aliphatic rings. The van der Waals surface area contributed by atoms with Crippen molar-refractivity contribution in [1.29, 1.82) is 0 Å². The number of piperidine rings is 1. The molecule has 1 aliphatic heterocycles. The first kappa shape index (κ1) is 12.4. The van der Waals surface area contributed by atoms with Gasteiger partial charge >= 0.3 is 0 Å². The van der Waals surface area contributed by atoms with Crippen LogP contribution in [0, 0.1) is 12.7 Å². The number of aromatic nitrogens is 2. The van der Waals surface area contributed by atoms with Crippen LogP contribution in [-0.4, -0.2) is 22.9 Å². The number of halogens is 1. The quantitative estimate of drug-likeness (QED) is 0.898. The highest BCUT2D eigenvalue weighted by Crippen LogP contribution is 2.27. The minimum atomic E-state index is -0.203. The zero-order valence-corrected chi connectivity index (χ0v) is 11.1. The number of hydrogen-bond acceptors (Lipinski definition) is 2. The van der Waals surface area contributed by atoms with Gasteiger partial charge in [-0.15, -0.1) is 0 Å². The Morgan fingerprint density at radius 2 is 2.11 bits per heavy atom. The molecule has 1 fully saturated rings. The normalized spacial score (nSPS) is 19.6. The van der Waals surface area contributed by atoms with Gasteiger partial charge in [0, 0.05) is 17.8 Å². The van der Waals surface area contributed by atoms with E-state index in [1.807, 2.05) is 18.3 Å². The summed E-state index contributed by atoms with van der Waals surface area (Å²) in [4.78, 5) is 0. The molecule has 3 nitrogen and oxygen atoms in total. The second-order valence-corrected chi connectivity index (χ2v) is 5.10. The first-order chi connectivity index (χ1) is 9.25. The Morgan fingerprint density at radius 1 is 1.32 bits per heavy atom. The fraction of sp³-hybridized carbons (Fsp3) is 0.400. The van der Waals surface area contributed by atoms with Gasteiger partial charge in [-0.2, -0.15) is 5.10 Å². The average molecular weight is 259 g/mol. The van der Waals surface area contributed by atoms with Crippen molar-refractivity contribution in [2.75, 3.05) is 13.1 Å². The zero-order chi connectivity index (χ0) is 13.2. The maximum absolute atomic E-state index is 13.0. The summed E-state index contributed by atoms with van der Waals surface area (Å²) >= 11 is 0. The predicted molar refractivity (Wildman–Crippen MR) is 73.5 cm³/mol. The lowest BCUT2D eigenvalue weighted by atomic mass is 10.1. The molecule has 1 unspecified atom stereocenters. The minimum absolute atomic E-state index is 0.203. The van der Waals surface area contributed by atoms with Gasteiger partial charge in [0.1, 0.15) is 5.82 Å². The van der Waals surface area contributed by atoms with Crippen molar-refractivity contribution in [1.82, 2.24) is 15.1 Å². The van der Waals surface area contributed by atoms with Crippen LogP contribution in [0.4, 0.5) is 4.39 Å². The molecule has 1 N–H and O–H groups in total. The van der Waals surface area contributed by atoms with Crippen LogP contribution < -0.4 is 5.32 Å². The fourth-order valence-electron chi connectivity index (χ4n) is 2.75. The Labute approximate surface area is 112 Å². The number of benzene rings is 1. The summed E-state index contributed by atoms with van der Waals surface area (Å²) in [6.07, 6.45) is 4.24. The molecule has 100 valence electrons. The van der Waals surface area contributed by atoms with E-state index in [1.165, 1.54) is 25.0 Å². The largest absolute Gasteiger partial charge is 0.315 e. The highest BCUT2D eigenvalue weighted by Gasteiger charge is 2.19. The van der Waals surface area contributed by atoms with Crippen LogP contribution in [-0.2, 0) is 0 Å². The van der Waals surface area contributed by atoms with E-state index in [4.69, 9.17) is 0 Å². The molecule has 0 radical (unpaired) electrons. The molecule has 2 heterocycles. The van der Waals surface area contributed by atoms with Gasteiger partial charge in [-0.25, -0.2) is 4.39 Å². The molecule has 0 spiro atoms. The molecular weight excluding hydrogens is 241 g/mol. The van der Waals surface area contributed by atoms with Crippen LogP contribution >= 0.6 is 0 Å². The number of nitrogens with zero attached hydrogens (tertiary/aromatic N) is 2. The first-order valence-electron chi connectivity index (χ1n) is 6.76. The maximum atomic E-state index is 13.0. The lowest BCUT2D eigenvalue weighted by molar-refractivity contribution is 0.342. The molecule has 1 saturated heterocycles. The average Bonchev–Trinajstić information content (AvgIpc) is 2.83. The van der Waals surface area contributed by atoms with Gasteiger partial charge in [0.2, 0.25) is 0 Å². The van der Waals surface area contributed by atoms with Crippen LogP contribution in [0.25, 0.3) is 11.1 Å². The molecule has 1 aromatic carbocycles. The van der Waals surface area contributed by atoms with Crippen LogP contribution in [0.5, 0.6) is 0 Å². The van der Waals surface area contributed by atoms with Crippen molar-refractivity contribution >= 4 is 0 Å². The smallest absolute Gasteiger partial charge is 0.123 e. The van der Waals surface area contributed by atoms with E-state index in [0.29, 0.717) is 6.04 Å². The molecule has 19 heavy (non-hydrogen) atoms. The Bertz CT molecular complexity index is 553. The van der Waals surface area contributed by atoms with Gasteiger partial charge in [0.15, 0.2) is 0 Å². The van der Waals surface area contributed by atoms with Gasteiger partial charge < -0.3 is 5.32 Å². The third-order valence-electron chi connectivity index (χ3n) is 3.82. The minimum Gasteiger partial charge on any atom is -0.315 e. The highest BCUT2D eigenvalue weighted by molar-refractivity contribution is 5.65. The van der Waals surface area contributed by atoms with Crippen molar-refractivity contribution in [3.63, 3.8) is 0 Å². The molecule has 1 aromatic heterocycles. The summed E-state index contributed by atoms with van der Waals surface area (Å²) in [5, 5.41) is 7.93. The molecule has 0 aliphatic carbocycles. The van der Waals surface area contributed by atoms with Gasteiger partial charge in [-0.05, 0) is 44.0 Å². The van der Waals surface area contributed by atoms with Crippen LogP contribution in [0.2, 0.25) is 0 Å². The maximum Gasteiger partial charge on any atom is 0.123 e. The number of nitrogens with one attached hydrogen (secondary N) is 1. The summed E-state index contributed by atoms with van der Waals surface area (Å²) in [6.45, 7) is 4.16. The lowest BCUT2D eigenvalue weighted by Gasteiger charge is -2.24. The van der Waals surface area contributed by atoms with Crippen molar-refractivity contribution < 1.29 is 4.39 Å². The van der Waals surface area contributed by atoms with E-state index < -0.39 is 0 Å².